The minimum absolute atomic E-state index is 0.0639. The van der Waals surface area contributed by atoms with Crippen LogP contribution in [0.25, 0.3) is 5.76 Å². The lowest BCUT2D eigenvalue weighted by Gasteiger charge is -2.14. The van der Waals surface area contributed by atoms with Gasteiger partial charge in [0.15, 0.2) is 0 Å². The number of benzene rings is 2. The predicted molar refractivity (Wildman–Crippen MR) is 89.6 cm³/mol. The topological polar surface area (TPSA) is 75.6 Å². The third kappa shape index (κ3) is 2.76. The van der Waals surface area contributed by atoms with Crippen molar-refractivity contribution in [3.8, 4) is 5.75 Å². The van der Waals surface area contributed by atoms with Gasteiger partial charge in [0, 0.05) is 5.56 Å². The summed E-state index contributed by atoms with van der Waals surface area (Å²) in [4.78, 5) is 24.1. The van der Waals surface area contributed by atoms with E-state index in [-0.39, 0.29) is 11.3 Å². The van der Waals surface area contributed by atoms with Crippen molar-refractivity contribution in [3.05, 3.63) is 70.8 Å². The van der Waals surface area contributed by atoms with Crippen LogP contribution in [0.3, 0.4) is 0 Å². The van der Waals surface area contributed by atoms with E-state index in [0.29, 0.717) is 11.3 Å². The van der Waals surface area contributed by atoms with Crippen LogP contribution in [-0.4, -0.2) is 23.9 Å². The van der Waals surface area contributed by atoms with E-state index in [0.717, 1.165) is 11.1 Å². The summed E-state index contributed by atoms with van der Waals surface area (Å²) in [5.74, 6) is -0.991. The van der Waals surface area contributed by atoms with Gasteiger partial charge in [0.05, 0.1) is 18.7 Å². The van der Waals surface area contributed by atoms with Crippen molar-refractivity contribution in [2.24, 2.45) is 0 Å². The monoisotopic (exact) mass is 323 g/mol. The largest absolute Gasteiger partial charge is 0.507 e. The molecule has 2 aromatic rings. The van der Waals surface area contributed by atoms with Gasteiger partial charge in [0.25, 0.3) is 11.7 Å². The number of amides is 1. The van der Waals surface area contributed by atoms with E-state index in [9.17, 15) is 14.7 Å². The number of methoxy groups -OCH3 is 1. The summed E-state index contributed by atoms with van der Waals surface area (Å²) in [6, 6.07) is 13.4. The highest BCUT2D eigenvalue weighted by molar-refractivity contribution is 6.46. The van der Waals surface area contributed by atoms with Gasteiger partial charge in [-0.15, -0.1) is 0 Å². The molecule has 0 saturated carbocycles. The quantitative estimate of drug-likeness (QED) is 0.517. The van der Waals surface area contributed by atoms with E-state index < -0.39 is 17.7 Å². The highest BCUT2D eigenvalue weighted by Crippen LogP contribution is 2.33. The molecule has 5 heteroatoms. The molecule has 5 nitrogen and oxygen atoms in total. The third-order valence-electron chi connectivity index (χ3n) is 4.04. The van der Waals surface area contributed by atoms with E-state index in [4.69, 9.17) is 4.74 Å². The van der Waals surface area contributed by atoms with Crippen molar-refractivity contribution in [2.75, 3.05) is 7.11 Å². The molecule has 1 atom stereocenters. The second-order valence-electron chi connectivity index (χ2n) is 5.64. The van der Waals surface area contributed by atoms with E-state index >= 15 is 0 Å². The summed E-state index contributed by atoms with van der Waals surface area (Å²) in [6.07, 6.45) is 0. The summed E-state index contributed by atoms with van der Waals surface area (Å²) in [5.41, 5.74) is 2.33. The maximum atomic E-state index is 12.2. The lowest BCUT2D eigenvalue weighted by molar-refractivity contribution is -0.133. The first-order valence-corrected chi connectivity index (χ1v) is 7.50. The number of aryl methyl sites for hydroxylation is 1. The number of hydrogen-bond donors (Lipinski definition) is 2. The number of Topliss-reactive ketones (excluding diaryl/α,β-unsaturated/α-hetero) is 1. The van der Waals surface area contributed by atoms with Gasteiger partial charge in [-0.05, 0) is 36.8 Å². The molecule has 1 heterocycles. The highest BCUT2D eigenvalue weighted by atomic mass is 16.5. The van der Waals surface area contributed by atoms with Gasteiger partial charge in [0.2, 0.25) is 0 Å². The number of ketones is 1. The Morgan fingerprint density at radius 3 is 2.25 bits per heavy atom. The molecule has 1 aliphatic rings. The number of hydrogen-bond acceptors (Lipinski definition) is 4. The van der Waals surface area contributed by atoms with Crippen LogP contribution in [0.2, 0.25) is 0 Å². The second-order valence-corrected chi connectivity index (χ2v) is 5.64. The Hall–Kier alpha value is -3.08. The number of aliphatic hydroxyl groups is 1. The average molecular weight is 323 g/mol. The molecule has 1 saturated heterocycles. The van der Waals surface area contributed by atoms with E-state index in [1.165, 1.54) is 0 Å². The minimum Gasteiger partial charge on any atom is -0.507 e. The Kier molecular flexibility index (Phi) is 4.08. The lowest BCUT2D eigenvalue weighted by Crippen LogP contribution is -2.21. The Morgan fingerprint density at radius 2 is 1.67 bits per heavy atom. The van der Waals surface area contributed by atoms with Crippen LogP contribution in [0.5, 0.6) is 5.75 Å². The fourth-order valence-electron chi connectivity index (χ4n) is 2.68. The van der Waals surface area contributed by atoms with Crippen LogP contribution in [-0.2, 0) is 9.59 Å². The normalized spacial score (nSPS) is 19.2. The maximum absolute atomic E-state index is 12.2. The SMILES string of the molecule is COc1ccc(/C(O)=C2/C(=O)C(=O)NC2c2ccc(C)cc2)cc1. The van der Waals surface area contributed by atoms with Crippen molar-refractivity contribution in [1.29, 1.82) is 0 Å². The summed E-state index contributed by atoms with van der Waals surface area (Å²) in [7, 11) is 1.55. The number of ether oxygens (including phenoxy) is 1. The number of nitrogens with one attached hydrogen (secondary N) is 1. The third-order valence-corrected chi connectivity index (χ3v) is 4.04. The number of carbonyl (C=O) groups is 2. The van der Waals surface area contributed by atoms with Crippen LogP contribution in [0.4, 0.5) is 0 Å². The Balaban J connectivity index is 2.07. The van der Waals surface area contributed by atoms with Crippen molar-refractivity contribution < 1.29 is 19.4 Å². The maximum Gasteiger partial charge on any atom is 0.293 e. The number of aliphatic hydroxyl groups excluding tert-OH is 1. The molecule has 1 unspecified atom stereocenters. The summed E-state index contributed by atoms with van der Waals surface area (Å²) in [5, 5.41) is 13.2. The summed E-state index contributed by atoms with van der Waals surface area (Å²) in [6.45, 7) is 1.95. The molecule has 0 aromatic heterocycles. The zero-order chi connectivity index (χ0) is 17.3. The van der Waals surface area contributed by atoms with Crippen LogP contribution in [0, 0.1) is 6.92 Å². The number of carbonyl (C=O) groups excluding carboxylic acids is 2. The summed E-state index contributed by atoms with van der Waals surface area (Å²) < 4.78 is 5.08. The molecule has 0 spiro atoms. The molecule has 1 amide bonds. The van der Waals surface area contributed by atoms with Gasteiger partial charge in [-0.3, -0.25) is 9.59 Å². The molecule has 2 aromatic carbocycles. The van der Waals surface area contributed by atoms with Crippen molar-refractivity contribution in [1.82, 2.24) is 5.32 Å². The Morgan fingerprint density at radius 1 is 1.04 bits per heavy atom. The fraction of sp³-hybridized carbons (Fsp3) is 0.158. The first-order chi connectivity index (χ1) is 11.5. The molecule has 3 rings (SSSR count). The molecule has 1 aliphatic heterocycles. The fourth-order valence-corrected chi connectivity index (χ4v) is 2.68. The smallest absolute Gasteiger partial charge is 0.293 e. The van der Waals surface area contributed by atoms with Gasteiger partial charge >= 0.3 is 0 Å². The van der Waals surface area contributed by atoms with Gasteiger partial charge < -0.3 is 15.2 Å². The molecule has 0 radical (unpaired) electrons. The molecule has 1 fully saturated rings. The molecule has 0 aliphatic carbocycles. The minimum atomic E-state index is -0.714. The average Bonchev–Trinajstić information content (AvgIpc) is 2.90. The van der Waals surface area contributed by atoms with E-state index in [1.807, 2.05) is 31.2 Å². The predicted octanol–water partition coefficient (Wildman–Crippen LogP) is 2.71. The second kappa shape index (κ2) is 6.20. The first kappa shape index (κ1) is 15.8. The zero-order valence-corrected chi connectivity index (χ0v) is 13.4. The van der Waals surface area contributed by atoms with E-state index in [1.54, 1.807) is 31.4 Å². The first-order valence-electron chi connectivity index (χ1n) is 7.50. The van der Waals surface area contributed by atoms with Crippen LogP contribution in [0.1, 0.15) is 22.7 Å². The molecule has 2 N–H and O–H groups in total. The van der Waals surface area contributed by atoms with Gasteiger partial charge in [-0.25, -0.2) is 0 Å². The molecular formula is C19H17NO4. The Labute approximate surface area is 139 Å². The molecular weight excluding hydrogens is 306 g/mol. The van der Waals surface area contributed by atoms with Gasteiger partial charge in [-0.1, -0.05) is 29.8 Å². The zero-order valence-electron chi connectivity index (χ0n) is 13.4. The van der Waals surface area contributed by atoms with Gasteiger partial charge in [0.1, 0.15) is 11.5 Å². The molecule has 0 bridgehead atoms. The van der Waals surface area contributed by atoms with Crippen LogP contribution in [0.15, 0.2) is 54.1 Å². The van der Waals surface area contributed by atoms with E-state index in [2.05, 4.69) is 5.32 Å². The van der Waals surface area contributed by atoms with Crippen molar-refractivity contribution in [3.63, 3.8) is 0 Å². The van der Waals surface area contributed by atoms with Gasteiger partial charge in [-0.2, -0.15) is 0 Å². The summed E-state index contributed by atoms with van der Waals surface area (Å²) >= 11 is 0. The lowest BCUT2D eigenvalue weighted by atomic mass is 9.95. The van der Waals surface area contributed by atoms with Crippen LogP contribution < -0.4 is 10.1 Å². The highest BCUT2D eigenvalue weighted by Gasteiger charge is 2.39. The van der Waals surface area contributed by atoms with Crippen molar-refractivity contribution >= 4 is 17.4 Å². The molecule has 122 valence electrons. The van der Waals surface area contributed by atoms with Crippen molar-refractivity contribution in [2.45, 2.75) is 13.0 Å². The Bertz CT molecular complexity index is 819. The molecule has 24 heavy (non-hydrogen) atoms. The number of rotatable bonds is 3. The standard InChI is InChI=1S/C19H17NO4/c1-11-3-5-12(6-4-11)16-15(18(22)19(23)20-16)17(21)13-7-9-14(24-2)10-8-13/h3-10,16,21H,1-2H3,(H,20,23)/b17-15-. The van der Waals surface area contributed by atoms with Crippen LogP contribution >= 0.6 is 0 Å².